The van der Waals surface area contributed by atoms with E-state index in [4.69, 9.17) is 4.74 Å². The van der Waals surface area contributed by atoms with E-state index in [-0.39, 0.29) is 5.91 Å². The summed E-state index contributed by atoms with van der Waals surface area (Å²) < 4.78 is 5.92. The summed E-state index contributed by atoms with van der Waals surface area (Å²) in [6, 6.07) is 14.7. The van der Waals surface area contributed by atoms with Crippen LogP contribution in [-0.2, 0) is 4.79 Å². The van der Waals surface area contributed by atoms with Crippen LogP contribution in [0.3, 0.4) is 0 Å². The fraction of sp³-hybridized carbons (Fsp3) is 0.522. The predicted octanol–water partition coefficient (Wildman–Crippen LogP) is 4.38. The zero-order valence-corrected chi connectivity index (χ0v) is 16.5. The highest BCUT2D eigenvalue weighted by molar-refractivity contribution is 5.88. The van der Waals surface area contributed by atoms with E-state index in [2.05, 4.69) is 35.3 Å². The number of piperidine rings is 1. The summed E-state index contributed by atoms with van der Waals surface area (Å²) in [6.07, 6.45) is 5.93. The number of unbranched alkanes of at least 4 members (excludes halogenated alkanes) is 1. The van der Waals surface area contributed by atoms with Crippen LogP contribution in [0.15, 0.2) is 42.5 Å². The maximum absolute atomic E-state index is 12.2. The van der Waals surface area contributed by atoms with Crippen molar-refractivity contribution in [2.75, 3.05) is 26.2 Å². The average molecular weight is 369 g/mol. The Morgan fingerprint density at radius 1 is 1.11 bits per heavy atom. The molecule has 2 aromatic carbocycles. The van der Waals surface area contributed by atoms with Crippen molar-refractivity contribution in [3.05, 3.63) is 42.5 Å². The minimum Gasteiger partial charge on any atom is -0.493 e. The molecule has 0 saturated carbocycles. The lowest BCUT2D eigenvalue weighted by molar-refractivity contribution is -0.122. The number of hydrogen-bond acceptors (Lipinski definition) is 3. The number of nitrogens with zero attached hydrogens (tertiary/aromatic N) is 1. The van der Waals surface area contributed by atoms with Gasteiger partial charge in [-0.3, -0.25) is 4.79 Å². The minimum absolute atomic E-state index is 0.156. The maximum atomic E-state index is 12.2. The Kier molecular flexibility index (Phi) is 7.52. The number of benzene rings is 2. The molecule has 0 radical (unpaired) electrons. The SMILES string of the molecule is CCCCN1CCC(NC(=O)CCCOc2cccc3ccccc23)CC1. The molecule has 3 rings (SSSR count). The molecule has 4 nitrogen and oxygen atoms in total. The number of ether oxygens (including phenoxy) is 1. The van der Waals surface area contributed by atoms with Crippen molar-refractivity contribution in [3.63, 3.8) is 0 Å². The second-order valence-corrected chi connectivity index (χ2v) is 7.47. The fourth-order valence-corrected chi connectivity index (χ4v) is 3.72. The highest BCUT2D eigenvalue weighted by Gasteiger charge is 2.19. The molecule has 0 unspecified atom stereocenters. The van der Waals surface area contributed by atoms with Gasteiger partial charge in [-0.25, -0.2) is 0 Å². The first-order valence-electron chi connectivity index (χ1n) is 10.4. The molecule has 1 fully saturated rings. The number of carbonyl (C=O) groups excluding carboxylic acids is 1. The lowest BCUT2D eigenvalue weighted by atomic mass is 10.0. The molecule has 1 amide bonds. The highest BCUT2D eigenvalue weighted by Crippen LogP contribution is 2.25. The first-order chi connectivity index (χ1) is 13.3. The molecule has 4 heteroatoms. The van der Waals surface area contributed by atoms with Crippen LogP contribution in [-0.4, -0.2) is 43.1 Å². The van der Waals surface area contributed by atoms with Gasteiger partial charge in [-0.05, 0) is 43.7 Å². The van der Waals surface area contributed by atoms with Crippen LogP contribution in [0.1, 0.15) is 45.4 Å². The molecular formula is C23H32N2O2. The number of rotatable bonds is 9. The molecule has 1 heterocycles. The van der Waals surface area contributed by atoms with E-state index in [0.717, 1.165) is 43.5 Å². The predicted molar refractivity (Wildman–Crippen MR) is 111 cm³/mol. The van der Waals surface area contributed by atoms with Crippen molar-refractivity contribution in [2.45, 2.75) is 51.5 Å². The van der Waals surface area contributed by atoms with Gasteiger partial charge in [0.2, 0.25) is 5.91 Å². The molecule has 0 atom stereocenters. The molecule has 1 aliphatic rings. The molecule has 27 heavy (non-hydrogen) atoms. The molecule has 0 aliphatic carbocycles. The van der Waals surface area contributed by atoms with Gasteiger partial charge in [0, 0.05) is 30.9 Å². The number of likely N-dealkylation sites (tertiary alicyclic amines) is 1. The number of nitrogens with one attached hydrogen (secondary N) is 1. The number of fused-ring (bicyclic) bond motifs is 1. The Balaban J connectivity index is 1.34. The second-order valence-electron chi connectivity index (χ2n) is 7.47. The second kappa shape index (κ2) is 10.3. The maximum Gasteiger partial charge on any atom is 0.220 e. The van der Waals surface area contributed by atoms with Crippen LogP contribution in [0.4, 0.5) is 0 Å². The molecule has 0 bridgehead atoms. The van der Waals surface area contributed by atoms with E-state index >= 15 is 0 Å². The number of carbonyl (C=O) groups is 1. The largest absolute Gasteiger partial charge is 0.493 e. The van der Waals surface area contributed by atoms with Crippen LogP contribution in [0, 0.1) is 0 Å². The Morgan fingerprint density at radius 2 is 1.89 bits per heavy atom. The fourth-order valence-electron chi connectivity index (χ4n) is 3.72. The Bertz CT molecular complexity index is 718. The van der Waals surface area contributed by atoms with Gasteiger partial charge in [-0.15, -0.1) is 0 Å². The van der Waals surface area contributed by atoms with Gasteiger partial charge in [-0.1, -0.05) is 49.7 Å². The van der Waals surface area contributed by atoms with Crippen LogP contribution >= 0.6 is 0 Å². The van der Waals surface area contributed by atoms with E-state index in [1.54, 1.807) is 0 Å². The van der Waals surface area contributed by atoms with Crippen molar-refractivity contribution in [2.24, 2.45) is 0 Å². The van der Waals surface area contributed by atoms with Gasteiger partial charge in [0.15, 0.2) is 0 Å². The summed E-state index contributed by atoms with van der Waals surface area (Å²) in [6.45, 7) is 6.21. The zero-order valence-electron chi connectivity index (χ0n) is 16.5. The molecule has 1 N–H and O–H groups in total. The summed E-state index contributed by atoms with van der Waals surface area (Å²) in [5.41, 5.74) is 0. The van der Waals surface area contributed by atoms with Crippen LogP contribution in [0.5, 0.6) is 5.75 Å². The van der Waals surface area contributed by atoms with Gasteiger partial charge < -0.3 is 15.0 Å². The topological polar surface area (TPSA) is 41.6 Å². The van der Waals surface area contributed by atoms with Gasteiger partial charge in [-0.2, -0.15) is 0 Å². The smallest absolute Gasteiger partial charge is 0.220 e. The van der Waals surface area contributed by atoms with Crippen molar-refractivity contribution in [3.8, 4) is 5.75 Å². The molecule has 1 aliphatic heterocycles. The third-order valence-corrected chi connectivity index (χ3v) is 5.34. The Morgan fingerprint density at radius 3 is 2.70 bits per heavy atom. The average Bonchev–Trinajstić information content (AvgIpc) is 2.71. The molecule has 146 valence electrons. The van der Waals surface area contributed by atoms with Crippen LogP contribution in [0.25, 0.3) is 10.8 Å². The normalized spacial score (nSPS) is 15.7. The number of hydrogen-bond donors (Lipinski definition) is 1. The van der Waals surface area contributed by atoms with Gasteiger partial charge in [0.05, 0.1) is 6.61 Å². The van der Waals surface area contributed by atoms with E-state index in [1.807, 2.05) is 24.3 Å². The van der Waals surface area contributed by atoms with E-state index in [0.29, 0.717) is 19.1 Å². The zero-order chi connectivity index (χ0) is 18.9. The van der Waals surface area contributed by atoms with Gasteiger partial charge in [0.25, 0.3) is 0 Å². The highest BCUT2D eigenvalue weighted by atomic mass is 16.5. The minimum atomic E-state index is 0.156. The molecule has 2 aromatic rings. The Hall–Kier alpha value is -2.07. The molecule has 0 spiro atoms. The van der Waals surface area contributed by atoms with Gasteiger partial charge in [0.1, 0.15) is 5.75 Å². The van der Waals surface area contributed by atoms with E-state index in [1.165, 1.54) is 24.8 Å². The summed E-state index contributed by atoms with van der Waals surface area (Å²) in [5.74, 6) is 1.05. The van der Waals surface area contributed by atoms with Gasteiger partial charge >= 0.3 is 0 Å². The monoisotopic (exact) mass is 368 g/mol. The summed E-state index contributed by atoms with van der Waals surface area (Å²) in [5, 5.41) is 5.51. The summed E-state index contributed by atoms with van der Waals surface area (Å²) in [4.78, 5) is 14.7. The molecular weight excluding hydrogens is 336 g/mol. The Labute approximate surface area is 162 Å². The summed E-state index contributed by atoms with van der Waals surface area (Å²) in [7, 11) is 0. The first kappa shape index (κ1) is 19.7. The molecule has 1 saturated heterocycles. The first-order valence-corrected chi connectivity index (χ1v) is 10.4. The standard InChI is InChI=1S/C23H32N2O2/c1-2-3-15-25-16-13-20(14-17-25)24-23(26)12-7-18-27-22-11-6-9-19-8-4-5-10-21(19)22/h4-6,8-11,20H,2-3,7,12-18H2,1H3,(H,24,26). The quantitative estimate of drug-likeness (QED) is 0.668. The van der Waals surface area contributed by atoms with Crippen molar-refractivity contribution < 1.29 is 9.53 Å². The van der Waals surface area contributed by atoms with E-state index < -0.39 is 0 Å². The van der Waals surface area contributed by atoms with Crippen molar-refractivity contribution >= 4 is 16.7 Å². The number of amides is 1. The third kappa shape index (κ3) is 5.96. The van der Waals surface area contributed by atoms with E-state index in [9.17, 15) is 4.79 Å². The summed E-state index contributed by atoms with van der Waals surface area (Å²) >= 11 is 0. The van der Waals surface area contributed by atoms with Crippen LogP contribution < -0.4 is 10.1 Å². The molecule has 0 aromatic heterocycles. The van der Waals surface area contributed by atoms with Crippen molar-refractivity contribution in [1.29, 1.82) is 0 Å². The van der Waals surface area contributed by atoms with Crippen molar-refractivity contribution in [1.82, 2.24) is 10.2 Å². The lowest BCUT2D eigenvalue weighted by Crippen LogP contribution is -2.44. The third-order valence-electron chi connectivity index (χ3n) is 5.34. The van der Waals surface area contributed by atoms with Crippen LogP contribution in [0.2, 0.25) is 0 Å². The lowest BCUT2D eigenvalue weighted by Gasteiger charge is -2.32.